The Morgan fingerprint density at radius 3 is 2.81 bits per heavy atom. The lowest BCUT2D eigenvalue weighted by atomic mass is 9.90. The van der Waals surface area contributed by atoms with Crippen molar-refractivity contribution in [1.29, 1.82) is 0 Å². The SMILES string of the molecule is CN1CCCN(Cc2cccc(Cc3nncc4c3CCCC4)c2)CC1. The number of benzene rings is 1. The highest BCUT2D eigenvalue weighted by atomic mass is 15.2. The summed E-state index contributed by atoms with van der Waals surface area (Å²) >= 11 is 0. The summed E-state index contributed by atoms with van der Waals surface area (Å²) in [4.78, 5) is 5.03. The zero-order chi connectivity index (χ0) is 17.8. The van der Waals surface area contributed by atoms with Gasteiger partial charge < -0.3 is 4.90 Å². The summed E-state index contributed by atoms with van der Waals surface area (Å²) in [5.41, 5.74) is 6.86. The number of hydrogen-bond donors (Lipinski definition) is 0. The normalized spacial score (nSPS) is 19.1. The summed E-state index contributed by atoms with van der Waals surface area (Å²) in [6.07, 6.45) is 9.07. The van der Waals surface area contributed by atoms with Crippen molar-refractivity contribution < 1.29 is 0 Å². The quantitative estimate of drug-likeness (QED) is 0.848. The lowest BCUT2D eigenvalue weighted by molar-refractivity contribution is 0.269. The molecule has 1 aliphatic carbocycles. The van der Waals surface area contributed by atoms with E-state index >= 15 is 0 Å². The van der Waals surface area contributed by atoms with E-state index in [1.54, 1.807) is 0 Å². The van der Waals surface area contributed by atoms with Gasteiger partial charge in [0.2, 0.25) is 0 Å². The first-order valence-corrected chi connectivity index (χ1v) is 10.1. The number of nitrogens with zero attached hydrogens (tertiary/aromatic N) is 4. The predicted octanol–water partition coefficient (Wildman–Crippen LogP) is 3.08. The van der Waals surface area contributed by atoms with Crippen LogP contribution in [-0.2, 0) is 25.8 Å². The average molecular weight is 351 g/mol. The second-order valence-electron chi connectivity index (χ2n) is 7.93. The van der Waals surface area contributed by atoms with E-state index in [1.165, 1.54) is 86.2 Å². The summed E-state index contributed by atoms with van der Waals surface area (Å²) in [6.45, 7) is 5.81. The molecule has 4 heteroatoms. The topological polar surface area (TPSA) is 32.3 Å². The molecule has 2 aromatic rings. The van der Waals surface area contributed by atoms with Crippen LogP contribution < -0.4 is 0 Å². The van der Waals surface area contributed by atoms with Crippen LogP contribution in [0.4, 0.5) is 0 Å². The average Bonchev–Trinajstić information content (AvgIpc) is 2.87. The monoisotopic (exact) mass is 350 g/mol. The van der Waals surface area contributed by atoms with Gasteiger partial charge in [-0.25, -0.2) is 0 Å². The van der Waals surface area contributed by atoms with E-state index in [-0.39, 0.29) is 0 Å². The summed E-state index contributed by atoms with van der Waals surface area (Å²) in [6, 6.07) is 9.09. The number of aromatic nitrogens is 2. The Morgan fingerprint density at radius 2 is 1.85 bits per heavy atom. The third-order valence-electron chi connectivity index (χ3n) is 5.83. The van der Waals surface area contributed by atoms with Crippen LogP contribution in [0.1, 0.15) is 47.2 Å². The van der Waals surface area contributed by atoms with E-state index < -0.39 is 0 Å². The number of likely N-dealkylation sites (N-methyl/N-ethyl adjacent to an activating group) is 1. The first kappa shape index (κ1) is 17.6. The van der Waals surface area contributed by atoms with Crippen molar-refractivity contribution in [2.24, 2.45) is 0 Å². The highest BCUT2D eigenvalue weighted by Crippen LogP contribution is 2.24. The second-order valence-corrected chi connectivity index (χ2v) is 7.93. The van der Waals surface area contributed by atoms with Crippen LogP contribution in [0, 0.1) is 0 Å². The molecule has 4 rings (SSSR count). The molecule has 0 saturated carbocycles. The first-order chi connectivity index (χ1) is 12.8. The van der Waals surface area contributed by atoms with Gasteiger partial charge in [0.05, 0.1) is 11.9 Å². The molecule has 1 aromatic heterocycles. The van der Waals surface area contributed by atoms with Crippen molar-refractivity contribution >= 4 is 0 Å². The van der Waals surface area contributed by atoms with Crippen molar-refractivity contribution in [2.75, 3.05) is 33.2 Å². The summed E-state index contributed by atoms with van der Waals surface area (Å²) in [5, 5.41) is 8.75. The highest BCUT2D eigenvalue weighted by Gasteiger charge is 2.16. The molecule has 2 aliphatic rings. The molecule has 0 spiro atoms. The molecule has 0 unspecified atom stereocenters. The maximum atomic E-state index is 4.49. The lowest BCUT2D eigenvalue weighted by Crippen LogP contribution is -2.28. The van der Waals surface area contributed by atoms with Crippen LogP contribution in [0.2, 0.25) is 0 Å². The number of fused-ring (bicyclic) bond motifs is 1. The van der Waals surface area contributed by atoms with Crippen LogP contribution in [0.5, 0.6) is 0 Å². The van der Waals surface area contributed by atoms with Crippen LogP contribution >= 0.6 is 0 Å². The smallest absolute Gasteiger partial charge is 0.0709 e. The molecule has 26 heavy (non-hydrogen) atoms. The van der Waals surface area contributed by atoms with Gasteiger partial charge in [0, 0.05) is 26.1 Å². The fourth-order valence-corrected chi connectivity index (χ4v) is 4.32. The number of rotatable bonds is 4. The van der Waals surface area contributed by atoms with Gasteiger partial charge in [-0.1, -0.05) is 24.3 Å². The molecule has 1 saturated heterocycles. The molecule has 0 amide bonds. The van der Waals surface area contributed by atoms with Gasteiger partial charge in [-0.05, 0) is 74.5 Å². The third-order valence-corrected chi connectivity index (χ3v) is 5.83. The highest BCUT2D eigenvalue weighted by molar-refractivity contribution is 5.35. The van der Waals surface area contributed by atoms with E-state index in [1.807, 2.05) is 6.20 Å². The number of aryl methyl sites for hydroxylation is 1. The van der Waals surface area contributed by atoms with Crippen LogP contribution in [-0.4, -0.2) is 53.2 Å². The molecule has 1 aromatic carbocycles. The van der Waals surface area contributed by atoms with Gasteiger partial charge in [0.25, 0.3) is 0 Å². The molecule has 138 valence electrons. The molecule has 0 radical (unpaired) electrons. The molecular formula is C22H30N4. The van der Waals surface area contributed by atoms with Crippen LogP contribution in [0.3, 0.4) is 0 Å². The summed E-state index contributed by atoms with van der Waals surface area (Å²) < 4.78 is 0. The van der Waals surface area contributed by atoms with E-state index in [0.29, 0.717) is 0 Å². The van der Waals surface area contributed by atoms with Crippen LogP contribution in [0.25, 0.3) is 0 Å². The molecule has 4 nitrogen and oxygen atoms in total. The van der Waals surface area contributed by atoms with Gasteiger partial charge in [-0.2, -0.15) is 10.2 Å². The van der Waals surface area contributed by atoms with Crippen LogP contribution in [0.15, 0.2) is 30.5 Å². The zero-order valence-electron chi connectivity index (χ0n) is 16.0. The van der Waals surface area contributed by atoms with E-state index in [4.69, 9.17) is 0 Å². The van der Waals surface area contributed by atoms with Gasteiger partial charge >= 0.3 is 0 Å². The van der Waals surface area contributed by atoms with Gasteiger partial charge in [0.1, 0.15) is 0 Å². The Bertz CT molecular complexity index is 743. The van der Waals surface area contributed by atoms with E-state index in [9.17, 15) is 0 Å². The largest absolute Gasteiger partial charge is 0.305 e. The Balaban J connectivity index is 1.46. The van der Waals surface area contributed by atoms with E-state index in [0.717, 1.165) is 13.0 Å². The number of hydrogen-bond acceptors (Lipinski definition) is 4. The molecule has 0 N–H and O–H groups in total. The first-order valence-electron chi connectivity index (χ1n) is 10.1. The fourth-order valence-electron chi connectivity index (χ4n) is 4.32. The standard InChI is InChI=1S/C22H30N4/c1-25-10-5-11-26(13-12-25)17-19-7-4-6-18(14-19)15-22-21-9-3-2-8-20(21)16-23-24-22/h4,6-7,14,16H,2-3,5,8-13,15,17H2,1H3. The second kappa shape index (κ2) is 8.28. The van der Waals surface area contributed by atoms with Crippen molar-refractivity contribution in [2.45, 2.75) is 45.1 Å². The fraction of sp³-hybridized carbons (Fsp3) is 0.545. The molecule has 0 atom stereocenters. The minimum Gasteiger partial charge on any atom is -0.305 e. The molecule has 1 fully saturated rings. The Hall–Kier alpha value is -1.78. The van der Waals surface area contributed by atoms with E-state index in [2.05, 4.69) is 51.3 Å². The molecule has 0 bridgehead atoms. The Kier molecular flexibility index (Phi) is 5.61. The Labute approximate surface area is 157 Å². The third kappa shape index (κ3) is 4.30. The minimum atomic E-state index is 0.909. The maximum Gasteiger partial charge on any atom is 0.0709 e. The maximum absolute atomic E-state index is 4.49. The van der Waals surface area contributed by atoms with Crippen molar-refractivity contribution in [3.63, 3.8) is 0 Å². The minimum absolute atomic E-state index is 0.909. The van der Waals surface area contributed by atoms with Crippen molar-refractivity contribution in [3.05, 3.63) is 58.4 Å². The van der Waals surface area contributed by atoms with Gasteiger partial charge in [0.15, 0.2) is 0 Å². The molecule has 1 aliphatic heterocycles. The van der Waals surface area contributed by atoms with Gasteiger partial charge in [-0.3, -0.25) is 4.90 Å². The summed E-state index contributed by atoms with van der Waals surface area (Å²) in [5.74, 6) is 0. The summed E-state index contributed by atoms with van der Waals surface area (Å²) in [7, 11) is 2.23. The lowest BCUT2D eigenvalue weighted by Gasteiger charge is -2.21. The van der Waals surface area contributed by atoms with Gasteiger partial charge in [-0.15, -0.1) is 0 Å². The molecule has 2 heterocycles. The Morgan fingerprint density at radius 1 is 0.962 bits per heavy atom. The predicted molar refractivity (Wildman–Crippen MR) is 105 cm³/mol. The van der Waals surface area contributed by atoms with Crippen molar-refractivity contribution in [3.8, 4) is 0 Å². The molecular weight excluding hydrogens is 320 g/mol. The van der Waals surface area contributed by atoms with Crippen molar-refractivity contribution in [1.82, 2.24) is 20.0 Å². The zero-order valence-corrected chi connectivity index (χ0v) is 16.0.